The Bertz CT molecular complexity index is 1000. The standard InChI is InChI=1S/C18H20N2O7S/c1-11-4-5-12(8-16(11)28(24,25)19-2)20-17(22)10-27-18(23)14-7-6-13(26-3)9-15(14)21/h4-9,19,21H,10H2,1-3H3,(H,20,22). The van der Waals surface area contributed by atoms with Gasteiger partial charge in [-0.1, -0.05) is 6.07 Å². The van der Waals surface area contributed by atoms with Crippen molar-refractivity contribution in [2.45, 2.75) is 11.8 Å². The molecule has 2 aromatic rings. The first kappa shape index (κ1) is 21.2. The zero-order valence-electron chi connectivity index (χ0n) is 15.5. The molecule has 0 aromatic heterocycles. The van der Waals surface area contributed by atoms with E-state index in [0.717, 1.165) is 0 Å². The van der Waals surface area contributed by atoms with Crippen LogP contribution in [0.1, 0.15) is 15.9 Å². The first-order chi connectivity index (χ1) is 13.2. The highest BCUT2D eigenvalue weighted by Gasteiger charge is 2.17. The van der Waals surface area contributed by atoms with Gasteiger partial charge in [0.05, 0.1) is 12.0 Å². The highest BCUT2D eigenvalue weighted by atomic mass is 32.2. The maximum atomic E-state index is 12.0. The summed E-state index contributed by atoms with van der Waals surface area (Å²) >= 11 is 0. The zero-order chi connectivity index (χ0) is 20.9. The molecule has 0 aliphatic carbocycles. The number of amides is 1. The summed E-state index contributed by atoms with van der Waals surface area (Å²) in [5, 5.41) is 12.3. The van der Waals surface area contributed by atoms with Crippen molar-refractivity contribution in [2.24, 2.45) is 0 Å². The number of hydrogen-bond acceptors (Lipinski definition) is 7. The van der Waals surface area contributed by atoms with Crippen LogP contribution in [0.4, 0.5) is 5.69 Å². The van der Waals surface area contributed by atoms with E-state index in [-0.39, 0.29) is 21.9 Å². The number of nitrogens with one attached hydrogen (secondary N) is 2. The monoisotopic (exact) mass is 408 g/mol. The molecule has 0 saturated carbocycles. The molecule has 0 saturated heterocycles. The fourth-order valence-electron chi connectivity index (χ4n) is 2.29. The van der Waals surface area contributed by atoms with E-state index in [2.05, 4.69) is 10.0 Å². The highest BCUT2D eigenvalue weighted by molar-refractivity contribution is 7.89. The summed E-state index contributed by atoms with van der Waals surface area (Å²) in [6, 6.07) is 8.39. The van der Waals surface area contributed by atoms with Gasteiger partial charge in [0, 0.05) is 11.8 Å². The molecular formula is C18H20N2O7S. The van der Waals surface area contributed by atoms with Crippen molar-refractivity contribution < 1.29 is 32.6 Å². The number of methoxy groups -OCH3 is 1. The summed E-state index contributed by atoms with van der Waals surface area (Å²) in [6.45, 7) is 1.01. The van der Waals surface area contributed by atoms with Gasteiger partial charge in [0.15, 0.2) is 6.61 Å². The Morgan fingerprint density at radius 3 is 2.46 bits per heavy atom. The van der Waals surface area contributed by atoms with E-state index < -0.39 is 28.5 Å². The lowest BCUT2D eigenvalue weighted by atomic mass is 10.2. The number of anilines is 1. The Morgan fingerprint density at radius 1 is 1.14 bits per heavy atom. The highest BCUT2D eigenvalue weighted by Crippen LogP contribution is 2.24. The molecule has 1 amide bonds. The van der Waals surface area contributed by atoms with Gasteiger partial charge in [-0.25, -0.2) is 17.9 Å². The van der Waals surface area contributed by atoms with Crippen LogP contribution in [0.5, 0.6) is 11.5 Å². The molecule has 0 bridgehead atoms. The van der Waals surface area contributed by atoms with E-state index in [1.165, 1.54) is 44.5 Å². The van der Waals surface area contributed by atoms with E-state index in [0.29, 0.717) is 11.3 Å². The van der Waals surface area contributed by atoms with Crippen LogP contribution in [0.25, 0.3) is 0 Å². The number of ether oxygens (including phenoxy) is 2. The smallest absolute Gasteiger partial charge is 0.342 e. The number of aromatic hydroxyl groups is 1. The molecule has 0 heterocycles. The van der Waals surface area contributed by atoms with E-state index >= 15 is 0 Å². The quantitative estimate of drug-likeness (QED) is 0.590. The molecule has 0 aliphatic heterocycles. The number of esters is 1. The van der Waals surface area contributed by atoms with E-state index in [1.54, 1.807) is 13.0 Å². The van der Waals surface area contributed by atoms with Gasteiger partial charge in [0.2, 0.25) is 10.0 Å². The third-order valence-corrected chi connectivity index (χ3v) is 5.35. The van der Waals surface area contributed by atoms with Crippen LogP contribution >= 0.6 is 0 Å². The number of benzene rings is 2. The molecule has 2 rings (SSSR count). The Balaban J connectivity index is 2.03. The third-order valence-electron chi connectivity index (χ3n) is 3.79. The summed E-state index contributed by atoms with van der Waals surface area (Å²) in [5.41, 5.74) is 0.618. The van der Waals surface area contributed by atoms with Crippen molar-refractivity contribution in [2.75, 3.05) is 26.1 Å². The van der Waals surface area contributed by atoms with Gasteiger partial charge in [0.1, 0.15) is 17.1 Å². The number of rotatable bonds is 7. The average molecular weight is 408 g/mol. The first-order valence-electron chi connectivity index (χ1n) is 8.06. The Morgan fingerprint density at radius 2 is 1.86 bits per heavy atom. The molecule has 0 atom stereocenters. The van der Waals surface area contributed by atoms with Crippen LogP contribution in [0.3, 0.4) is 0 Å². The van der Waals surface area contributed by atoms with Crippen molar-refractivity contribution in [3.63, 3.8) is 0 Å². The maximum Gasteiger partial charge on any atom is 0.342 e. The molecule has 0 unspecified atom stereocenters. The lowest BCUT2D eigenvalue weighted by Gasteiger charge is -2.11. The van der Waals surface area contributed by atoms with Crippen LogP contribution in [0.2, 0.25) is 0 Å². The van der Waals surface area contributed by atoms with Gasteiger partial charge in [-0.3, -0.25) is 4.79 Å². The number of aryl methyl sites for hydroxylation is 1. The minimum Gasteiger partial charge on any atom is -0.507 e. The number of carbonyl (C=O) groups excluding carboxylic acids is 2. The predicted octanol–water partition coefficient (Wildman–Crippen LogP) is 1.41. The van der Waals surface area contributed by atoms with Crippen molar-refractivity contribution in [1.82, 2.24) is 4.72 Å². The second-order valence-electron chi connectivity index (χ2n) is 5.70. The summed E-state index contributed by atoms with van der Waals surface area (Å²) < 4.78 is 36.0. The van der Waals surface area contributed by atoms with Gasteiger partial charge in [-0.15, -0.1) is 0 Å². The molecule has 3 N–H and O–H groups in total. The van der Waals surface area contributed by atoms with Crippen molar-refractivity contribution in [1.29, 1.82) is 0 Å². The predicted molar refractivity (Wildman–Crippen MR) is 101 cm³/mol. The van der Waals surface area contributed by atoms with Gasteiger partial charge >= 0.3 is 5.97 Å². The topological polar surface area (TPSA) is 131 Å². The van der Waals surface area contributed by atoms with Gasteiger partial charge in [0.25, 0.3) is 5.91 Å². The van der Waals surface area contributed by atoms with Crippen LogP contribution in [0.15, 0.2) is 41.3 Å². The molecule has 0 aliphatic rings. The molecule has 0 radical (unpaired) electrons. The lowest BCUT2D eigenvalue weighted by Crippen LogP contribution is -2.22. The molecular weight excluding hydrogens is 388 g/mol. The van der Waals surface area contributed by atoms with E-state index in [9.17, 15) is 23.1 Å². The van der Waals surface area contributed by atoms with Crippen molar-refractivity contribution in [3.05, 3.63) is 47.5 Å². The third kappa shape index (κ3) is 4.99. The Hall–Kier alpha value is -3.11. The summed E-state index contributed by atoms with van der Waals surface area (Å²) in [6.07, 6.45) is 0. The minimum atomic E-state index is -3.68. The molecule has 150 valence electrons. The fraction of sp³-hybridized carbons (Fsp3) is 0.222. The normalized spacial score (nSPS) is 11.0. The second kappa shape index (κ2) is 8.72. The molecule has 2 aromatic carbocycles. The van der Waals surface area contributed by atoms with Crippen LogP contribution in [-0.2, 0) is 19.6 Å². The average Bonchev–Trinajstić information content (AvgIpc) is 2.67. The Kier molecular flexibility index (Phi) is 6.60. The maximum absolute atomic E-state index is 12.0. The number of phenols is 1. The van der Waals surface area contributed by atoms with Crippen molar-refractivity contribution >= 4 is 27.6 Å². The lowest BCUT2D eigenvalue weighted by molar-refractivity contribution is -0.119. The SMILES string of the molecule is CNS(=O)(=O)c1cc(NC(=O)COC(=O)c2ccc(OC)cc2O)ccc1C. The molecule has 28 heavy (non-hydrogen) atoms. The molecule has 9 nitrogen and oxygen atoms in total. The fourth-order valence-corrected chi connectivity index (χ4v) is 3.29. The van der Waals surface area contributed by atoms with Crippen LogP contribution < -0.4 is 14.8 Å². The summed E-state index contributed by atoms with van der Waals surface area (Å²) in [7, 11) is -0.986. The molecule has 10 heteroatoms. The number of hydrogen-bond donors (Lipinski definition) is 3. The van der Waals surface area contributed by atoms with E-state index in [1.807, 2.05) is 0 Å². The molecule has 0 fully saturated rings. The van der Waals surface area contributed by atoms with Gasteiger partial charge < -0.3 is 19.9 Å². The van der Waals surface area contributed by atoms with E-state index in [4.69, 9.17) is 9.47 Å². The summed E-state index contributed by atoms with van der Waals surface area (Å²) in [5.74, 6) is -1.54. The van der Waals surface area contributed by atoms with Gasteiger partial charge in [-0.2, -0.15) is 0 Å². The Labute approximate surface area is 162 Å². The number of carbonyl (C=O) groups is 2. The minimum absolute atomic E-state index is 0.0212. The number of phenolic OH excluding ortho intramolecular Hbond substituents is 1. The number of sulfonamides is 1. The first-order valence-corrected chi connectivity index (χ1v) is 9.54. The largest absolute Gasteiger partial charge is 0.507 e. The van der Waals surface area contributed by atoms with Crippen LogP contribution in [-0.4, -0.2) is 46.2 Å². The zero-order valence-corrected chi connectivity index (χ0v) is 16.3. The summed E-state index contributed by atoms with van der Waals surface area (Å²) in [4.78, 5) is 24.0. The van der Waals surface area contributed by atoms with Gasteiger partial charge in [-0.05, 0) is 43.8 Å². The van der Waals surface area contributed by atoms with Crippen molar-refractivity contribution in [3.8, 4) is 11.5 Å². The molecule has 0 spiro atoms. The van der Waals surface area contributed by atoms with Crippen LogP contribution in [0, 0.1) is 6.92 Å². The second-order valence-corrected chi connectivity index (χ2v) is 7.55.